The number of hydrogen-bond donors (Lipinski definition) is 1. The molecule has 3 atom stereocenters. The Bertz CT molecular complexity index is 238. The summed E-state index contributed by atoms with van der Waals surface area (Å²) < 4.78 is 11.1. The van der Waals surface area contributed by atoms with Gasteiger partial charge < -0.3 is 14.6 Å². The van der Waals surface area contributed by atoms with Gasteiger partial charge in [-0.05, 0) is 38.5 Å². The van der Waals surface area contributed by atoms with E-state index in [1.807, 2.05) is 6.92 Å². The summed E-state index contributed by atoms with van der Waals surface area (Å²) in [6.07, 6.45) is 5.33. The summed E-state index contributed by atoms with van der Waals surface area (Å²) in [6.45, 7) is 7.31. The predicted molar refractivity (Wildman–Crippen MR) is 78.5 cm³/mol. The smallest absolute Gasteiger partial charge is 0.157 e. The van der Waals surface area contributed by atoms with Gasteiger partial charge in [-0.15, -0.1) is 11.6 Å². The Morgan fingerprint density at radius 2 is 2.16 bits per heavy atom. The second-order valence-electron chi connectivity index (χ2n) is 6.21. The lowest BCUT2D eigenvalue weighted by Crippen LogP contribution is -2.39. The largest absolute Gasteiger partial charge is 0.389 e. The van der Waals surface area contributed by atoms with E-state index in [1.165, 1.54) is 0 Å². The maximum absolute atomic E-state index is 10.2. The fraction of sp³-hybridized carbons (Fsp3) is 1.00. The van der Waals surface area contributed by atoms with Crippen LogP contribution in [0.5, 0.6) is 0 Å². The number of ether oxygens (including phenoxy) is 2. The van der Waals surface area contributed by atoms with Gasteiger partial charge in [-0.1, -0.05) is 26.7 Å². The summed E-state index contributed by atoms with van der Waals surface area (Å²) in [4.78, 5) is -0.608. The monoisotopic (exact) mass is 292 g/mol. The average molecular weight is 293 g/mol. The highest BCUT2D eigenvalue weighted by molar-refractivity contribution is 6.24. The van der Waals surface area contributed by atoms with Crippen LogP contribution >= 0.6 is 11.6 Å². The maximum atomic E-state index is 10.2. The molecule has 0 spiro atoms. The molecule has 0 aromatic carbocycles. The SMILES string of the molecule is CC(C)CCCC(C)(Cl)C(O)COC1CCCCO1. The molecule has 19 heavy (non-hydrogen) atoms. The summed E-state index contributed by atoms with van der Waals surface area (Å²) in [5.74, 6) is 0.677. The van der Waals surface area contributed by atoms with Crippen LogP contribution < -0.4 is 0 Å². The van der Waals surface area contributed by atoms with Gasteiger partial charge in [0, 0.05) is 6.61 Å². The molecule has 1 N–H and O–H groups in total. The van der Waals surface area contributed by atoms with E-state index < -0.39 is 11.0 Å². The Labute approximate surface area is 122 Å². The van der Waals surface area contributed by atoms with Gasteiger partial charge in [0.1, 0.15) is 0 Å². The number of halogens is 1. The molecule has 4 heteroatoms. The Balaban J connectivity index is 2.23. The lowest BCUT2D eigenvalue weighted by molar-refractivity contribution is -0.177. The molecule has 1 fully saturated rings. The van der Waals surface area contributed by atoms with Crippen molar-refractivity contribution in [3.63, 3.8) is 0 Å². The number of rotatable bonds is 8. The summed E-state index contributed by atoms with van der Waals surface area (Å²) in [6, 6.07) is 0. The topological polar surface area (TPSA) is 38.7 Å². The predicted octanol–water partition coefficient (Wildman–Crippen LogP) is 3.71. The molecule has 1 aliphatic rings. The highest BCUT2D eigenvalue weighted by Crippen LogP contribution is 2.28. The van der Waals surface area contributed by atoms with Gasteiger partial charge in [-0.2, -0.15) is 0 Å². The maximum Gasteiger partial charge on any atom is 0.157 e. The highest BCUT2D eigenvalue weighted by Gasteiger charge is 2.31. The standard InChI is InChI=1S/C15H29ClO3/c1-12(2)7-6-9-15(3,16)13(17)11-19-14-8-4-5-10-18-14/h12-14,17H,4-11H2,1-3H3. The Hall–Kier alpha value is 0.170. The number of aliphatic hydroxyl groups excluding tert-OH is 1. The van der Waals surface area contributed by atoms with Crippen molar-refractivity contribution in [1.29, 1.82) is 0 Å². The van der Waals surface area contributed by atoms with Gasteiger partial charge in [0.15, 0.2) is 6.29 Å². The molecule has 3 nitrogen and oxygen atoms in total. The molecule has 0 aromatic heterocycles. The molecule has 0 bridgehead atoms. The van der Waals surface area contributed by atoms with Crippen LogP contribution in [-0.2, 0) is 9.47 Å². The zero-order chi connectivity index (χ0) is 14.3. The van der Waals surface area contributed by atoms with Crippen LogP contribution in [0, 0.1) is 5.92 Å². The third-order valence-corrected chi connectivity index (χ3v) is 4.16. The van der Waals surface area contributed by atoms with Gasteiger partial charge in [0.25, 0.3) is 0 Å². The molecule has 1 saturated heterocycles. The quantitative estimate of drug-likeness (QED) is 0.693. The van der Waals surface area contributed by atoms with Crippen molar-refractivity contribution >= 4 is 11.6 Å². The van der Waals surface area contributed by atoms with Crippen molar-refractivity contribution in [2.45, 2.75) is 76.6 Å². The normalized spacial score (nSPS) is 25.3. The van der Waals surface area contributed by atoms with Gasteiger partial charge in [-0.25, -0.2) is 0 Å². The first-order chi connectivity index (χ1) is 8.92. The molecular formula is C15H29ClO3. The van der Waals surface area contributed by atoms with Gasteiger partial charge in [-0.3, -0.25) is 0 Å². The van der Waals surface area contributed by atoms with Gasteiger partial charge >= 0.3 is 0 Å². The summed E-state index contributed by atoms with van der Waals surface area (Å²) >= 11 is 6.42. The Morgan fingerprint density at radius 3 is 2.74 bits per heavy atom. The molecule has 1 rings (SSSR count). The van der Waals surface area contributed by atoms with E-state index >= 15 is 0 Å². The lowest BCUT2D eigenvalue weighted by Gasteiger charge is -2.30. The first-order valence-corrected chi connectivity index (χ1v) is 7.90. The molecule has 0 saturated carbocycles. The zero-order valence-electron chi connectivity index (χ0n) is 12.5. The fourth-order valence-electron chi connectivity index (χ4n) is 2.24. The Morgan fingerprint density at radius 1 is 1.42 bits per heavy atom. The van der Waals surface area contributed by atoms with Crippen LogP contribution in [0.2, 0.25) is 0 Å². The minimum atomic E-state index is -0.646. The molecule has 0 aromatic rings. The number of hydrogen-bond acceptors (Lipinski definition) is 3. The summed E-state index contributed by atoms with van der Waals surface area (Å²) in [7, 11) is 0. The molecule has 0 aliphatic carbocycles. The van der Waals surface area contributed by atoms with Crippen molar-refractivity contribution in [3.05, 3.63) is 0 Å². The van der Waals surface area contributed by atoms with Crippen molar-refractivity contribution < 1.29 is 14.6 Å². The van der Waals surface area contributed by atoms with E-state index in [1.54, 1.807) is 0 Å². The summed E-state index contributed by atoms with van der Waals surface area (Å²) in [5.41, 5.74) is 0. The van der Waals surface area contributed by atoms with Crippen LogP contribution in [-0.4, -0.2) is 35.6 Å². The third kappa shape index (κ3) is 6.94. The van der Waals surface area contributed by atoms with E-state index in [0.717, 1.165) is 45.1 Å². The molecular weight excluding hydrogens is 264 g/mol. The highest BCUT2D eigenvalue weighted by atomic mass is 35.5. The average Bonchev–Trinajstić information content (AvgIpc) is 2.36. The number of aliphatic hydroxyl groups is 1. The molecule has 0 amide bonds. The van der Waals surface area contributed by atoms with Gasteiger partial charge in [0.05, 0.1) is 17.6 Å². The van der Waals surface area contributed by atoms with Crippen LogP contribution in [0.4, 0.5) is 0 Å². The van der Waals surface area contributed by atoms with Crippen LogP contribution in [0.3, 0.4) is 0 Å². The first-order valence-electron chi connectivity index (χ1n) is 7.52. The molecule has 0 radical (unpaired) electrons. The minimum Gasteiger partial charge on any atom is -0.389 e. The molecule has 1 aliphatic heterocycles. The van der Waals surface area contributed by atoms with Crippen molar-refractivity contribution in [2.24, 2.45) is 5.92 Å². The molecule has 114 valence electrons. The van der Waals surface area contributed by atoms with Crippen molar-refractivity contribution in [3.8, 4) is 0 Å². The van der Waals surface area contributed by atoms with Crippen LogP contribution in [0.15, 0.2) is 0 Å². The van der Waals surface area contributed by atoms with E-state index in [4.69, 9.17) is 21.1 Å². The minimum absolute atomic E-state index is 0.161. The van der Waals surface area contributed by atoms with Crippen LogP contribution in [0.25, 0.3) is 0 Å². The van der Waals surface area contributed by atoms with Gasteiger partial charge in [0.2, 0.25) is 0 Å². The fourth-order valence-corrected chi connectivity index (χ4v) is 2.43. The number of alkyl halides is 1. The molecule has 3 unspecified atom stereocenters. The van der Waals surface area contributed by atoms with E-state index in [9.17, 15) is 5.11 Å². The molecule has 1 heterocycles. The zero-order valence-corrected chi connectivity index (χ0v) is 13.3. The van der Waals surface area contributed by atoms with E-state index in [0.29, 0.717) is 5.92 Å². The second-order valence-corrected chi connectivity index (χ2v) is 7.07. The first kappa shape index (κ1) is 17.2. The van der Waals surface area contributed by atoms with E-state index in [-0.39, 0.29) is 12.9 Å². The summed E-state index contributed by atoms with van der Waals surface area (Å²) in [5, 5.41) is 10.2. The third-order valence-electron chi connectivity index (χ3n) is 3.72. The van der Waals surface area contributed by atoms with E-state index in [2.05, 4.69) is 13.8 Å². The van der Waals surface area contributed by atoms with Crippen LogP contribution in [0.1, 0.15) is 59.3 Å². The Kier molecular flexibility index (Phi) is 7.66. The van der Waals surface area contributed by atoms with Crippen molar-refractivity contribution in [2.75, 3.05) is 13.2 Å². The van der Waals surface area contributed by atoms with Crippen molar-refractivity contribution in [1.82, 2.24) is 0 Å². The lowest BCUT2D eigenvalue weighted by atomic mass is 9.95. The second kappa shape index (κ2) is 8.46.